The number of hydrogen-bond acceptors (Lipinski definition) is 1. The van der Waals surface area contributed by atoms with Crippen LogP contribution >= 0.6 is 0 Å². The fourth-order valence-corrected chi connectivity index (χ4v) is 10.3. The number of aromatic nitrogens is 2. The molecule has 1 aliphatic rings. The van der Waals surface area contributed by atoms with E-state index in [1.54, 1.807) is 0 Å². The predicted molar refractivity (Wildman–Crippen MR) is 251 cm³/mol. The summed E-state index contributed by atoms with van der Waals surface area (Å²) in [5.74, 6) is 0. The standard InChI is InChI=1S/C57H38N2O/c1-57(2)46-29-28-38(34-45(46)55-39(19-12-20-47(55)57)35-14-4-3-5-15-35)58-48-21-9-6-16-40(48)43-32-36(26-30-50(43)58)37-27-31-51-44(33-37)41-17-7-10-22-49(41)59(51)52-23-13-25-54-56(52)42-18-8-11-24-53(42)60-54/h3-34H,1-2H3/i3D,4D,5D,14D,15D. The highest BCUT2D eigenvalue weighted by molar-refractivity contribution is 6.16. The Bertz CT molecular complexity index is 4030. The van der Waals surface area contributed by atoms with Crippen LogP contribution in [0.25, 0.3) is 110 Å². The second kappa shape index (κ2) is 12.2. The van der Waals surface area contributed by atoms with Crippen molar-refractivity contribution in [2.75, 3.05) is 0 Å². The van der Waals surface area contributed by atoms with Crippen LogP contribution in [0.2, 0.25) is 0 Å². The third kappa shape index (κ3) is 4.55. The maximum atomic E-state index is 8.91. The molecule has 282 valence electrons. The molecule has 9 aromatic carbocycles. The highest BCUT2D eigenvalue weighted by Crippen LogP contribution is 2.53. The second-order valence-corrected chi connectivity index (χ2v) is 16.5. The van der Waals surface area contributed by atoms with Gasteiger partial charge in [0.25, 0.3) is 0 Å². The molecule has 0 unspecified atom stereocenters. The van der Waals surface area contributed by atoms with Crippen LogP contribution in [0.1, 0.15) is 31.8 Å². The Morgan fingerprint density at radius 1 is 0.450 bits per heavy atom. The zero-order valence-electron chi connectivity index (χ0n) is 37.9. The van der Waals surface area contributed by atoms with Gasteiger partial charge in [-0.25, -0.2) is 0 Å². The lowest BCUT2D eigenvalue weighted by atomic mass is 9.82. The van der Waals surface area contributed by atoms with Crippen LogP contribution in [0.3, 0.4) is 0 Å². The van der Waals surface area contributed by atoms with E-state index in [-0.39, 0.29) is 35.1 Å². The van der Waals surface area contributed by atoms with Crippen molar-refractivity contribution < 1.29 is 11.3 Å². The van der Waals surface area contributed by atoms with Gasteiger partial charge in [-0.2, -0.15) is 0 Å². The molecule has 0 amide bonds. The summed E-state index contributed by atoms with van der Waals surface area (Å²) in [7, 11) is 0. The molecule has 3 heterocycles. The molecule has 3 heteroatoms. The Kier molecular flexibility index (Phi) is 5.84. The van der Waals surface area contributed by atoms with Gasteiger partial charge in [0.15, 0.2) is 0 Å². The van der Waals surface area contributed by atoms with E-state index in [1.165, 1.54) is 10.8 Å². The number of hydrogen-bond donors (Lipinski definition) is 0. The maximum Gasteiger partial charge on any atom is 0.137 e. The van der Waals surface area contributed by atoms with Crippen molar-refractivity contribution in [1.29, 1.82) is 0 Å². The highest BCUT2D eigenvalue weighted by atomic mass is 16.3. The third-order valence-corrected chi connectivity index (χ3v) is 13.0. The van der Waals surface area contributed by atoms with Gasteiger partial charge < -0.3 is 13.6 Å². The van der Waals surface area contributed by atoms with E-state index in [1.807, 2.05) is 30.3 Å². The Balaban J connectivity index is 0.977. The van der Waals surface area contributed by atoms with Crippen molar-refractivity contribution in [2.24, 2.45) is 0 Å². The molecule has 60 heavy (non-hydrogen) atoms. The minimum atomic E-state index is -0.393. The fourth-order valence-electron chi connectivity index (χ4n) is 10.3. The van der Waals surface area contributed by atoms with Crippen molar-refractivity contribution in [2.45, 2.75) is 19.3 Å². The Hall–Kier alpha value is -7.62. The first kappa shape index (κ1) is 28.7. The summed E-state index contributed by atoms with van der Waals surface area (Å²) in [5.41, 5.74) is 15.1. The van der Waals surface area contributed by atoms with Gasteiger partial charge >= 0.3 is 0 Å². The summed E-state index contributed by atoms with van der Waals surface area (Å²) in [6.45, 7) is 4.39. The molecule has 0 saturated carbocycles. The minimum absolute atomic E-state index is 0.199. The van der Waals surface area contributed by atoms with E-state index < -0.39 is 6.04 Å². The van der Waals surface area contributed by atoms with Gasteiger partial charge in [-0.15, -0.1) is 0 Å². The van der Waals surface area contributed by atoms with Crippen LogP contribution < -0.4 is 0 Å². The van der Waals surface area contributed by atoms with Crippen molar-refractivity contribution in [3.8, 4) is 44.8 Å². The van der Waals surface area contributed by atoms with E-state index in [2.05, 4.69) is 156 Å². The van der Waals surface area contributed by atoms with Gasteiger partial charge in [0, 0.05) is 38.0 Å². The van der Waals surface area contributed by atoms with E-state index in [0.717, 1.165) is 99.5 Å². The molecular formula is C57H38N2O. The molecule has 13 rings (SSSR count). The number of benzene rings is 9. The molecule has 3 nitrogen and oxygen atoms in total. The summed E-state index contributed by atoms with van der Waals surface area (Å²) in [6.07, 6.45) is 0. The molecular weight excluding hydrogens is 729 g/mol. The Morgan fingerprint density at radius 3 is 1.82 bits per heavy atom. The molecule has 0 radical (unpaired) electrons. The van der Waals surface area contributed by atoms with Crippen LogP contribution in [0.15, 0.2) is 198 Å². The van der Waals surface area contributed by atoms with Crippen molar-refractivity contribution >= 4 is 65.6 Å². The monoisotopic (exact) mass is 771 g/mol. The molecule has 0 atom stereocenters. The lowest BCUT2D eigenvalue weighted by Gasteiger charge is -2.22. The lowest BCUT2D eigenvalue weighted by Crippen LogP contribution is -2.15. The van der Waals surface area contributed by atoms with Gasteiger partial charge in [-0.1, -0.05) is 141 Å². The first-order valence-corrected chi connectivity index (χ1v) is 20.4. The normalized spacial score (nSPS) is 14.5. The number of para-hydroxylation sites is 3. The molecule has 0 spiro atoms. The fraction of sp³-hybridized carbons (Fsp3) is 0.0526. The smallest absolute Gasteiger partial charge is 0.137 e. The summed E-state index contributed by atoms with van der Waals surface area (Å²) in [4.78, 5) is 0. The number of furan rings is 1. The van der Waals surface area contributed by atoms with Gasteiger partial charge in [0.1, 0.15) is 11.2 Å². The van der Waals surface area contributed by atoms with E-state index >= 15 is 0 Å². The van der Waals surface area contributed by atoms with Gasteiger partial charge in [0.2, 0.25) is 0 Å². The Labute approximate surface area is 354 Å². The molecule has 12 aromatic rings. The van der Waals surface area contributed by atoms with Gasteiger partial charge in [0.05, 0.1) is 40.0 Å². The zero-order valence-corrected chi connectivity index (χ0v) is 32.9. The molecule has 0 fully saturated rings. The Morgan fingerprint density at radius 2 is 1.07 bits per heavy atom. The molecule has 3 aromatic heterocycles. The summed E-state index contributed by atoms with van der Waals surface area (Å²) >= 11 is 0. The van der Waals surface area contributed by atoms with E-state index in [9.17, 15) is 0 Å². The van der Waals surface area contributed by atoms with Crippen LogP contribution in [0.5, 0.6) is 0 Å². The zero-order chi connectivity index (χ0) is 44.0. The SMILES string of the molecule is [2H]c1c([2H])c([2H])c(-c2cccc3c2-c2cc(-n4c5ccccc5c5cc(-c6ccc7c(c6)c6ccccc6n7-c6cccc7oc8ccccc8c67)ccc54)ccc2C3(C)C)c([2H])c1[2H]. The van der Waals surface area contributed by atoms with E-state index in [4.69, 9.17) is 11.3 Å². The third-order valence-electron chi connectivity index (χ3n) is 13.0. The van der Waals surface area contributed by atoms with Gasteiger partial charge in [-0.3, -0.25) is 0 Å². The number of rotatable bonds is 4. The van der Waals surface area contributed by atoms with E-state index in [0.29, 0.717) is 5.56 Å². The average molecular weight is 772 g/mol. The number of fused-ring (bicyclic) bond motifs is 12. The lowest BCUT2D eigenvalue weighted by molar-refractivity contribution is 0.660. The number of nitrogens with zero attached hydrogens (tertiary/aromatic N) is 2. The molecule has 0 bridgehead atoms. The van der Waals surface area contributed by atoms with Gasteiger partial charge in [-0.05, 0) is 111 Å². The quantitative estimate of drug-likeness (QED) is 0.175. The van der Waals surface area contributed by atoms with Crippen LogP contribution in [0.4, 0.5) is 0 Å². The highest BCUT2D eigenvalue weighted by Gasteiger charge is 2.37. The second-order valence-electron chi connectivity index (χ2n) is 16.5. The summed E-state index contributed by atoms with van der Waals surface area (Å²) in [6, 6.07) is 56.4. The predicted octanol–water partition coefficient (Wildman–Crippen LogP) is 15.4. The van der Waals surface area contributed by atoms with Crippen LogP contribution in [-0.4, -0.2) is 9.13 Å². The van der Waals surface area contributed by atoms with Crippen LogP contribution in [-0.2, 0) is 5.41 Å². The molecule has 0 aliphatic heterocycles. The largest absolute Gasteiger partial charge is 0.456 e. The van der Waals surface area contributed by atoms with Crippen molar-refractivity contribution in [3.63, 3.8) is 0 Å². The molecule has 0 N–H and O–H groups in total. The topological polar surface area (TPSA) is 23.0 Å². The first-order valence-electron chi connectivity index (χ1n) is 22.9. The van der Waals surface area contributed by atoms with Crippen LogP contribution in [0, 0.1) is 0 Å². The van der Waals surface area contributed by atoms with Crippen molar-refractivity contribution in [3.05, 3.63) is 205 Å². The minimum Gasteiger partial charge on any atom is -0.456 e. The summed E-state index contributed by atoms with van der Waals surface area (Å²) < 4.78 is 54.1. The first-order chi connectivity index (χ1) is 31.6. The average Bonchev–Trinajstić information content (AvgIpc) is 4.05. The molecule has 0 saturated heterocycles. The maximum absolute atomic E-state index is 8.91. The summed E-state index contributed by atoms with van der Waals surface area (Å²) in [5, 5.41) is 6.84. The molecule has 1 aliphatic carbocycles. The van der Waals surface area contributed by atoms with Crippen molar-refractivity contribution in [1.82, 2.24) is 9.13 Å².